The molecule has 0 heterocycles. The molecule has 0 radical (unpaired) electrons. The molecule has 0 spiro atoms. The third-order valence-electron chi connectivity index (χ3n) is 5.07. The molecule has 1 heteroatoms. The fourth-order valence-electron chi connectivity index (χ4n) is 3.55. The summed E-state index contributed by atoms with van der Waals surface area (Å²) in [5.41, 5.74) is 0. The molecule has 0 bridgehead atoms. The highest BCUT2D eigenvalue weighted by Crippen LogP contribution is 2.18. The summed E-state index contributed by atoms with van der Waals surface area (Å²) < 4.78 is 0. The molecule has 0 aliphatic rings. The highest BCUT2D eigenvalue weighted by Gasteiger charge is 2.18. The molecule has 0 aromatic heterocycles. The van der Waals surface area contributed by atoms with Crippen molar-refractivity contribution in [3.8, 4) is 0 Å². The van der Waals surface area contributed by atoms with Crippen LogP contribution in [-0.2, 0) is 0 Å². The lowest BCUT2D eigenvalue weighted by Crippen LogP contribution is -2.40. The van der Waals surface area contributed by atoms with Crippen molar-refractivity contribution in [1.82, 2.24) is 4.90 Å². The molecule has 0 saturated heterocycles. The van der Waals surface area contributed by atoms with Crippen LogP contribution in [0.2, 0.25) is 0 Å². The van der Waals surface area contributed by atoms with Gasteiger partial charge in [0.15, 0.2) is 0 Å². The van der Waals surface area contributed by atoms with Gasteiger partial charge in [-0.05, 0) is 39.7 Å². The molecule has 0 aliphatic carbocycles. The summed E-state index contributed by atoms with van der Waals surface area (Å²) >= 11 is 0. The van der Waals surface area contributed by atoms with Crippen molar-refractivity contribution in [1.29, 1.82) is 0 Å². The molecular weight excluding hydrogens is 266 g/mol. The van der Waals surface area contributed by atoms with Crippen molar-refractivity contribution in [2.75, 3.05) is 6.54 Å². The average Bonchev–Trinajstić information content (AvgIpc) is 2.51. The number of rotatable bonds is 16. The number of nitrogens with zero attached hydrogens (tertiary/aromatic N) is 1. The van der Waals surface area contributed by atoms with Crippen molar-refractivity contribution in [3.05, 3.63) is 0 Å². The van der Waals surface area contributed by atoms with E-state index in [1.807, 2.05) is 0 Å². The predicted octanol–water partition coefficient (Wildman–Crippen LogP) is 7.20. The zero-order valence-corrected chi connectivity index (χ0v) is 16.5. The van der Waals surface area contributed by atoms with Gasteiger partial charge < -0.3 is 0 Å². The Morgan fingerprint density at radius 1 is 0.545 bits per heavy atom. The van der Waals surface area contributed by atoms with Crippen LogP contribution >= 0.6 is 0 Å². The minimum absolute atomic E-state index is 0.771. The lowest BCUT2D eigenvalue weighted by molar-refractivity contribution is 0.135. The van der Waals surface area contributed by atoms with Gasteiger partial charge in [0.25, 0.3) is 0 Å². The molecule has 22 heavy (non-hydrogen) atoms. The van der Waals surface area contributed by atoms with Crippen LogP contribution in [0.3, 0.4) is 0 Å². The van der Waals surface area contributed by atoms with Gasteiger partial charge in [0, 0.05) is 12.1 Å². The molecule has 0 rings (SSSR count). The summed E-state index contributed by atoms with van der Waals surface area (Å²) in [5.74, 6) is 0. The van der Waals surface area contributed by atoms with Crippen molar-refractivity contribution in [2.45, 2.75) is 130 Å². The molecule has 0 amide bonds. The Morgan fingerprint density at radius 2 is 0.955 bits per heavy atom. The molecule has 0 N–H and O–H groups in total. The van der Waals surface area contributed by atoms with Crippen LogP contribution in [0.5, 0.6) is 0 Å². The van der Waals surface area contributed by atoms with Crippen LogP contribution in [-0.4, -0.2) is 23.5 Å². The first-order chi connectivity index (χ1) is 10.7. The molecule has 2 unspecified atom stereocenters. The highest BCUT2D eigenvalue weighted by molar-refractivity contribution is 4.74. The zero-order chi connectivity index (χ0) is 16.6. The van der Waals surface area contributed by atoms with Crippen LogP contribution in [0.1, 0.15) is 118 Å². The van der Waals surface area contributed by atoms with Crippen LogP contribution in [0, 0.1) is 0 Å². The Kier molecular flexibility index (Phi) is 15.8. The van der Waals surface area contributed by atoms with Gasteiger partial charge in [-0.3, -0.25) is 4.90 Å². The second-order valence-corrected chi connectivity index (χ2v) is 7.34. The quantitative estimate of drug-likeness (QED) is 0.272. The Labute approximate surface area is 142 Å². The molecule has 0 aromatic rings. The number of unbranched alkanes of at least 4 members (excludes halogenated alkanes) is 8. The van der Waals surface area contributed by atoms with E-state index in [2.05, 4.69) is 39.5 Å². The maximum Gasteiger partial charge on any atom is 0.00697 e. The van der Waals surface area contributed by atoms with E-state index >= 15 is 0 Å². The third-order valence-corrected chi connectivity index (χ3v) is 5.07. The van der Waals surface area contributed by atoms with Crippen LogP contribution in [0.15, 0.2) is 0 Å². The zero-order valence-electron chi connectivity index (χ0n) is 16.5. The largest absolute Gasteiger partial charge is 0.298 e. The minimum atomic E-state index is 0.771. The Bertz CT molecular complexity index is 194. The standard InChI is InChI=1S/C21H45N/c1-6-9-11-13-15-17-20(4)22(19-8-3)21(5)18-16-14-12-10-7-2/h20-21H,6-19H2,1-5H3. The van der Waals surface area contributed by atoms with E-state index in [0.717, 1.165) is 12.1 Å². The van der Waals surface area contributed by atoms with E-state index in [1.165, 1.54) is 90.0 Å². The number of hydrogen-bond donors (Lipinski definition) is 0. The van der Waals surface area contributed by atoms with Gasteiger partial charge in [-0.1, -0.05) is 85.0 Å². The van der Waals surface area contributed by atoms with E-state index in [1.54, 1.807) is 0 Å². The van der Waals surface area contributed by atoms with Crippen molar-refractivity contribution in [3.63, 3.8) is 0 Å². The smallest absolute Gasteiger partial charge is 0.00697 e. The highest BCUT2D eigenvalue weighted by atomic mass is 15.2. The summed E-state index contributed by atoms with van der Waals surface area (Å²) in [7, 11) is 0. The molecule has 0 aliphatic heterocycles. The van der Waals surface area contributed by atoms with E-state index in [-0.39, 0.29) is 0 Å². The molecule has 1 nitrogen and oxygen atoms in total. The summed E-state index contributed by atoms with van der Waals surface area (Å²) in [6.07, 6.45) is 18.2. The third kappa shape index (κ3) is 11.5. The van der Waals surface area contributed by atoms with Gasteiger partial charge in [-0.2, -0.15) is 0 Å². The van der Waals surface area contributed by atoms with E-state index < -0.39 is 0 Å². The lowest BCUT2D eigenvalue weighted by Gasteiger charge is -2.34. The molecule has 0 saturated carbocycles. The minimum Gasteiger partial charge on any atom is -0.298 e. The van der Waals surface area contributed by atoms with Gasteiger partial charge >= 0.3 is 0 Å². The molecule has 134 valence electrons. The Hall–Kier alpha value is -0.0400. The molecular formula is C21H45N. The monoisotopic (exact) mass is 311 g/mol. The summed E-state index contributed by atoms with van der Waals surface area (Å²) in [6, 6.07) is 1.54. The van der Waals surface area contributed by atoms with Gasteiger partial charge in [0.1, 0.15) is 0 Å². The summed E-state index contributed by atoms with van der Waals surface area (Å²) in [6.45, 7) is 13.1. The van der Waals surface area contributed by atoms with Crippen LogP contribution in [0.25, 0.3) is 0 Å². The van der Waals surface area contributed by atoms with E-state index in [4.69, 9.17) is 0 Å². The second-order valence-electron chi connectivity index (χ2n) is 7.34. The van der Waals surface area contributed by atoms with Crippen LogP contribution in [0.4, 0.5) is 0 Å². The van der Waals surface area contributed by atoms with E-state index in [9.17, 15) is 0 Å². The van der Waals surface area contributed by atoms with Gasteiger partial charge in [0.2, 0.25) is 0 Å². The van der Waals surface area contributed by atoms with Gasteiger partial charge in [-0.15, -0.1) is 0 Å². The fraction of sp³-hybridized carbons (Fsp3) is 1.00. The van der Waals surface area contributed by atoms with E-state index in [0.29, 0.717) is 0 Å². The van der Waals surface area contributed by atoms with Crippen LogP contribution < -0.4 is 0 Å². The molecule has 0 fully saturated rings. The van der Waals surface area contributed by atoms with Crippen molar-refractivity contribution >= 4 is 0 Å². The molecule has 2 atom stereocenters. The van der Waals surface area contributed by atoms with Gasteiger partial charge in [0.05, 0.1) is 0 Å². The molecule has 0 aromatic carbocycles. The maximum atomic E-state index is 2.79. The van der Waals surface area contributed by atoms with Crippen molar-refractivity contribution in [2.24, 2.45) is 0 Å². The predicted molar refractivity (Wildman–Crippen MR) is 103 cm³/mol. The first kappa shape index (κ1) is 22.0. The SMILES string of the molecule is CCCCCCCC(C)N(CCC)C(C)CCCCCCC. The Morgan fingerprint density at radius 3 is 1.32 bits per heavy atom. The maximum absolute atomic E-state index is 2.79. The first-order valence-electron chi connectivity index (χ1n) is 10.4. The fourth-order valence-corrected chi connectivity index (χ4v) is 3.55. The van der Waals surface area contributed by atoms with Crippen molar-refractivity contribution < 1.29 is 0 Å². The average molecular weight is 312 g/mol. The number of hydrogen-bond acceptors (Lipinski definition) is 1. The topological polar surface area (TPSA) is 3.24 Å². The second kappa shape index (κ2) is 15.8. The summed E-state index contributed by atoms with van der Waals surface area (Å²) in [4.78, 5) is 2.79. The van der Waals surface area contributed by atoms with Gasteiger partial charge in [-0.25, -0.2) is 0 Å². The lowest BCUT2D eigenvalue weighted by atomic mass is 10.0. The first-order valence-corrected chi connectivity index (χ1v) is 10.4. The normalized spacial score (nSPS) is 14.5. The summed E-state index contributed by atoms with van der Waals surface area (Å²) in [5, 5.41) is 0. The Balaban J connectivity index is 3.97.